The van der Waals surface area contributed by atoms with Gasteiger partial charge in [-0.05, 0) is 34.7 Å². The molecule has 0 fully saturated rings. The van der Waals surface area contributed by atoms with E-state index in [1.54, 1.807) is 6.07 Å². The van der Waals surface area contributed by atoms with Gasteiger partial charge in [0.15, 0.2) is 0 Å². The second-order valence-corrected chi connectivity index (χ2v) is 3.63. The summed E-state index contributed by atoms with van der Waals surface area (Å²) in [5.41, 5.74) is 1.44. The van der Waals surface area contributed by atoms with Crippen molar-refractivity contribution in [2.75, 3.05) is 0 Å². The fourth-order valence-electron chi connectivity index (χ4n) is 1.14. The molecule has 1 N–H and O–H groups in total. The molecule has 0 aliphatic rings. The first-order valence-electron chi connectivity index (χ1n) is 3.75. The van der Waals surface area contributed by atoms with Gasteiger partial charge in [0, 0.05) is 0 Å². The van der Waals surface area contributed by atoms with Crippen molar-refractivity contribution in [1.29, 1.82) is 0 Å². The second kappa shape index (κ2) is 3.68. The van der Waals surface area contributed by atoms with Gasteiger partial charge in [-0.2, -0.15) is 8.78 Å². The summed E-state index contributed by atoms with van der Waals surface area (Å²) in [6.45, 7) is -2.81. The smallest absolute Gasteiger partial charge is 0.387 e. The zero-order chi connectivity index (χ0) is 10.1. The topological polar surface area (TPSA) is 37.9 Å². The van der Waals surface area contributed by atoms with Gasteiger partial charge in [0.1, 0.15) is 11.3 Å². The quantitative estimate of drug-likeness (QED) is 0.866. The molecule has 0 amide bonds. The van der Waals surface area contributed by atoms with Gasteiger partial charge in [-0.1, -0.05) is 0 Å². The molecule has 14 heavy (non-hydrogen) atoms. The van der Waals surface area contributed by atoms with E-state index in [-0.39, 0.29) is 5.75 Å². The lowest BCUT2D eigenvalue weighted by molar-refractivity contribution is -0.0503. The monoisotopic (exact) mass is 310 g/mol. The average molecular weight is 310 g/mol. The lowest BCUT2D eigenvalue weighted by atomic mass is 10.3. The zero-order valence-corrected chi connectivity index (χ0v) is 8.96. The maximum atomic E-state index is 12.0. The predicted molar refractivity (Wildman–Crippen MR) is 55.4 cm³/mol. The Morgan fingerprint density at radius 2 is 2.21 bits per heavy atom. The van der Waals surface area contributed by atoms with E-state index in [1.165, 1.54) is 12.4 Å². The van der Waals surface area contributed by atoms with Crippen LogP contribution in [0.3, 0.4) is 0 Å². The van der Waals surface area contributed by atoms with E-state index in [2.05, 4.69) is 14.7 Å². The SMILES string of the molecule is FC(F)Oc1ccc2[nH]cnc2c1I. The second-order valence-electron chi connectivity index (χ2n) is 2.55. The molecule has 0 spiro atoms. The van der Waals surface area contributed by atoms with E-state index in [0.717, 1.165) is 5.52 Å². The Bertz CT molecular complexity index is 458. The van der Waals surface area contributed by atoms with E-state index in [1.807, 2.05) is 22.6 Å². The average Bonchev–Trinajstić information content (AvgIpc) is 2.57. The molecular weight excluding hydrogens is 305 g/mol. The van der Waals surface area contributed by atoms with Gasteiger partial charge in [-0.3, -0.25) is 0 Å². The molecule has 3 nitrogen and oxygen atoms in total. The third-order valence-corrected chi connectivity index (χ3v) is 2.75. The van der Waals surface area contributed by atoms with Crippen LogP contribution in [0.4, 0.5) is 8.78 Å². The van der Waals surface area contributed by atoms with Gasteiger partial charge < -0.3 is 9.72 Å². The van der Waals surface area contributed by atoms with E-state index in [0.29, 0.717) is 9.09 Å². The summed E-state index contributed by atoms with van der Waals surface area (Å²) in [6.07, 6.45) is 1.51. The van der Waals surface area contributed by atoms with Gasteiger partial charge in [-0.15, -0.1) is 0 Å². The highest BCUT2D eigenvalue weighted by Gasteiger charge is 2.11. The Balaban J connectivity index is 2.51. The van der Waals surface area contributed by atoms with E-state index in [9.17, 15) is 8.78 Å². The maximum absolute atomic E-state index is 12.0. The van der Waals surface area contributed by atoms with Crippen LogP contribution in [0, 0.1) is 3.57 Å². The number of benzene rings is 1. The fourth-order valence-corrected chi connectivity index (χ4v) is 1.88. The Morgan fingerprint density at radius 3 is 2.93 bits per heavy atom. The van der Waals surface area contributed by atoms with Crippen LogP contribution in [0.15, 0.2) is 18.5 Å². The van der Waals surface area contributed by atoms with Crippen LogP contribution in [0.1, 0.15) is 0 Å². The normalized spacial score (nSPS) is 11.1. The van der Waals surface area contributed by atoms with Crippen LogP contribution in [-0.4, -0.2) is 16.6 Å². The lowest BCUT2D eigenvalue weighted by Crippen LogP contribution is -2.03. The number of hydrogen-bond acceptors (Lipinski definition) is 2. The Labute approximate surface area is 91.6 Å². The molecule has 0 bridgehead atoms. The minimum atomic E-state index is -2.81. The van der Waals surface area contributed by atoms with Crippen LogP contribution in [0.5, 0.6) is 5.75 Å². The largest absolute Gasteiger partial charge is 0.434 e. The minimum Gasteiger partial charge on any atom is -0.434 e. The minimum absolute atomic E-state index is 0.153. The summed E-state index contributed by atoms with van der Waals surface area (Å²) in [5, 5.41) is 0. The van der Waals surface area contributed by atoms with Crippen LogP contribution in [0.25, 0.3) is 11.0 Å². The molecular formula is C8H5F2IN2O. The standard InChI is InChI=1S/C8H5F2IN2O/c9-8(10)14-5-2-1-4-7(6(5)11)13-3-12-4/h1-3,8H,(H,12,13). The highest BCUT2D eigenvalue weighted by molar-refractivity contribution is 14.1. The fraction of sp³-hybridized carbons (Fsp3) is 0.125. The summed E-state index contributed by atoms with van der Waals surface area (Å²) in [4.78, 5) is 6.88. The first-order chi connectivity index (χ1) is 6.68. The number of rotatable bonds is 2. The zero-order valence-electron chi connectivity index (χ0n) is 6.80. The molecule has 2 aromatic rings. The molecule has 2 rings (SSSR count). The molecule has 0 aliphatic carbocycles. The van der Waals surface area contributed by atoms with Gasteiger partial charge in [0.2, 0.25) is 0 Å². The van der Waals surface area contributed by atoms with Crippen molar-refractivity contribution in [3.8, 4) is 5.75 Å². The number of nitrogens with one attached hydrogen (secondary N) is 1. The number of alkyl halides is 2. The Kier molecular flexibility index (Phi) is 2.53. The summed E-state index contributed by atoms with van der Waals surface area (Å²) < 4.78 is 28.9. The van der Waals surface area contributed by atoms with Crippen molar-refractivity contribution in [3.05, 3.63) is 22.0 Å². The molecule has 6 heteroatoms. The number of aromatic amines is 1. The number of imidazole rings is 1. The van der Waals surface area contributed by atoms with Gasteiger partial charge in [0.25, 0.3) is 0 Å². The van der Waals surface area contributed by atoms with Crippen LogP contribution in [-0.2, 0) is 0 Å². The predicted octanol–water partition coefficient (Wildman–Crippen LogP) is 2.77. The van der Waals surface area contributed by atoms with Gasteiger partial charge in [-0.25, -0.2) is 4.98 Å². The molecule has 0 saturated heterocycles. The summed E-state index contributed by atoms with van der Waals surface area (Å²) in [6, 6.07) is 3.15. The molecule has 0 aliphatic heterocycles. The van der Waals surface area contributed by atoms with Crippen molar-refractivity contribution in [1.82, 2.24) is 9.97 Å². The first-order valence-corrected chi connectivity index (χ1v) is 4.83. The highest BCUT2D eigenvalue weighted by atomic mass is 127. The van der Waals surface area contributed by atoms with E-state index in [4.69, 9.17) is 0 Å². The summed E-state index contributed by atoms with van der Waals surface area (Å²) in [7, 11) is 0. The molecule has 74 valence electrons. The molecule has 0 unspecified atom stereocenters. The number of H-pyrrole nitrogens is 1. The Hall–Kier alpha value is -0.920. The van der Waals surface area contributed by atoms with Crippen molar-refractivity contribution in [2.24, 2.45) is 0 Å². The third kappa shape index (κ3) is 1.66. The van der Waals surface area contributed by atoms with E-state index < -0.39 is 6.61 Å². The van der Waals surface area contributed by atoms with E-state index >= 15 is 0 Å². The van der Waals surface area contributed by atoms with Crippen molar-refractivity contribution >= 4 is 33.6 Å². The third-order valence-electron chi connectivity index (χ3n) is 1.71. The van der Waals surface area contributed by atoms with Gasteiger partial charge >= 0.3 is 6.61 Å². The lowest BCUT2D eigenvalue weighted by Gasteiger charge is -2.06. The first kappa shape index (κ1) is 9.63. The number of halogens is 3. The molecule has 0 atom stereocenters. The highest BCUT2D eigenvalue weighted by Crippen LogP contribution is 2.28. The van der Waals surface area contributed by atoms with Gasteiger partial charge in [0.05, 0.1) is 15.4 Å². The number of ether oxygens (including phenoxy) is 1. The van der Waals surface area contributed by atoms with Crippen LogP contribution < -0.4 is 4.74 Å². The van der Waals surface area contributed by atoms with Crippen LogP contribution in [0.2, 0.25) is 0 Å². The molecule has 0 saturated carbocycles. The molecule has 0 radical (unpaired) electrons. The van der Waals surface area contributed by atoms with Crippen molar-refractivity contribution < 1.29 is 13.5 Å². The number of nitrogens with zero attached hydrogens (tertiary/aromatic N) is 1. The summed E-state index contributed by atoms with van der Waals surface area (Å²) >= 11 is 1.93. The molecule has 1 heterocycles. The molecule has 1 aromatic carbocycles. The number of hydrogen-bond donors (Lipinski definition) is 1. The molecule has 1 aromatic heterocycles. The summed E-state index contributed by atoms with van der Waals surface area (Å²) in [5.74, 6) is 0.153. The number of aromatic nitrogens is 2. The maximum Gasteiger partial charge on any atom is 0.387 e. The van der Waals surface area contributed by atoms with Crippen LogP contribution >= 0.6 is 22.6 Å². The Morgan fingerprint density at radius 1 is 1.43 bits per heavy atom. The van der Waals surface area contributed by atoms with Crippen molar-refractivity contribution in [3.63, 3.8) is 0 Å². The number of fused-ring (bicyclic) bond motifs is 1. The van der Waals surface area contributed by atoms with Crippen molar-refractivity contribution in [2.45, 2.75) is 6.61 Å².